The summed E-state index contributed by atoms with van der Waals surface area (Å²) in [6.45, 7) is 2.44. The van der Waals surface area contributed by atoms with Crippen LogP contribution in [0.1, 0.15) is 23.5 Å². The lowest BCUT2D eigenvalue weighted by atomic mass is 9.95. The van der Waals surface area contributed by atoms with Gasteiger partial charge < -0.3 is 20.5 Å². The number of aliphatic imine (C=N–C) groups is 1. The number of hydrogen-bond donors (Lipinski definition) is 3. The van der Waals surface area contributed by atoms with E-state index in [9.17, 15) is 9.18 Å². The van der Waals surface area contributed by atoms with Crippen molar-refractivity contribution in [3.05, 3.63) is 62.5 Å². The minimum atomic E-state index is -0.798. The number of halogens is 2. The first-order chi connectivity index (χ1) is 14.0. The fourth-order valence-electron chi connectivity index (χ4n) is 2.87. The summed E-state index contributed by atoms with van der Waals surface area (Å²) in [7, 11) is 0. The summed E-state index contributed by atoms with van der Waals surface area (Å²) in [5.74, 6) is -0.560. The average Bonchev–Trinajstić information content (AvgIpc) is 3.22. The van der Waals surface area contributed by atoms with Crippen molar-refractivity contribution < 1.29 is 19.0 Å². The van der Waals surface area contributed by atoms with Crippen LogP contribution in [0, 0.1) is 5.82 Å². The minimum Gasteiger partial charge on any atom is -0.463 e. The maximum absolute atomic E-state index is 13.6. The Bertz CT molecular complexity index is 934. The summed E-state index contributed by atoms with van der Waals surface area (Å²) in [6.07, 6.45) is 1.65. The molecular formula is C19H20ClFN4O3S. The second kappa shape index (κ2) is 9.93. The van der Waals surface area contributed by atoms with Crippen LogP contribution in [-0.4, -0.2) is 48.2 Å². The van der Waals surface area contributed by atoms with E-state index in [-0.39, 0.29) is 30.4 Å². The largest absolute Gasteiger partial charge is 0.463 e. The second-order valence-corrected chi connectivity index (χ2v) is 7.32. The molecule has 29 heavy (non-hydrogen) atoms. The van der Waals surface area contributed by atoms with Gasteiger partial charge in [0.1, 0.15) is 11.9 Å². The highest BCUT2D eigenvalue weighted by molar-refractivity contribution is 7.11. The summed E-state index contributed by atoms with van der Waals surface area (Å²) in [4.78, 5) is 21.7. The number of carbonyl (C=O) groups excluding carboxylic acids is 1. The first kappa shape index (κ1) is 21.4. The maximum atomic E-state index is 13.6. The van der Waals surface area contributed by atoms with Gasteiger partial charge in [-0.05, 0) is 19.1 Å². The summed E-state index contributed by atoms with van der Waals surface area (Å²) in [5.41, 5.74) is 1.28. The molecule has 0 saturated heterocycles. The molecule has 1 atom stereocenters. The summed E-state index contributed by atoms with van der Waals surface area (Å²) < 4.78 is 18.8. The van der Waals surface area contributed by atoms with E-state index in [1.165, 1.54) is 29.5 Å². The number of rotatable bonds is 8. The number of benzene rings is 1. The number of esters is 1. The Balaban J connectivity index is 2.11. The van der Waals surface area contributed by atoms with Crippen molar-refractivity contribution in [1.82, 2.24) is 15.6 Å². The highest BCUT2D eigenvalue weighted by atomic mass is 35.5. The van der Waals surface area contributed by atoms with Crippen molar-refractivity contribution in [2.24, 2.45) is 4.99 Å². The smallest absolute Gasteiger partial charge is 0.338 e. The predicted octanol–water partition coefficient (Wildman–Crippen LogP) is 2.43. The van der Waals surface area contributed by atoms with Gasteiger partial charge in [-0.15, -0.1) is 11.3 Å². The third kappa shape index (κ3) is 4.99. The van der Waals surface area contributed by atoms with Gasteiger partial charge in [-0.2, -0.15) is 0 Å². The first-order valence-electron chi connectivity index (χ1n) is 8.96. The van der Waals surface area contributed by atoms with Gasteiger partial charge in [0.15, 0.2) is 10.8 Å². The van der Waals surface area contributed by atoms with Crippen LogP contribution in [0.3, 0.4) is 0 Å². The van der Waals surface area contributed by atoms with E-state index in [0.29, 0.717) is 28.6 Å². The molecule has 7 nitrogen and oxygen atoms in total. The van der Waals surface area contributed by atoms with Gasteiger partial charge in [0.05, 0.1) is 18.8 Å². The van der Waals surface area contributed by atoms with Crippen molar-refractivity contribution in [3.8, 4) is 0 Å². The molecule has 3 N–H and O–H groups in total. The van der Waals surface area contributed by atoms with Crippen LogP contribution in [-0.2, 0) is 9.53 Å². The average molecular weight is 439 g/mol. The number of carbonyl (C=O) groups is 1. The number of amidine groups is 1. The van der Waals surface area contributed by atoms with E-state index >= 15 is 0 Å². The molecule has 0 saturated carbocycles. The Morgan fingerprint density at radius 3 is 2.97 bits per heavy atom. The van der Waals surface area contributed by atoms with Crippen LogP contribution in [0.5, 0.6) is 0 Å². The number of aliphatic hydroxyl groups excluding tert-OH is 1. The number of thiazole rings is 1. The zero-order chi connectivity index (χ0) is 20.8. The normalized spacial score (nSPS) is 16.4. The molecule has 154 valence electrons. The monoisotopic (exact) mass is 438 g/mol. The fraction of sp³-hybridized carbons (Fsp3) is 0.316. The molecule has 10 heteroatoms. The lowest BCUT2D eigenvalue weighted by Gasteiger charge is -2.27. The fourth-order valence-corrected chi connectivity index (χ4v) is 3.73. The molecule has 1 unspecified atom stereocenters. The minimum absolute atomic E-state index is 0.0529. The Morgan fingerprint density at radius 2 is 2.31 bits per heavy atom. The van der Waals surface area contributed by atoms with Gasteiger partial charge >= 0.3 is 5.97 Å². The van der Waals surface area contributed by atoms with E-state index in [0.717, 1.165) is 0 Å². The summed E-state index contributed by atoms with van der Waals surface area (Å²) in [6, 6.07) is 3.17. The Kier molecular flexibility index (Phi) is 7.32. The number of aliphatic hydroxyl groups is 1. The van der Waals surface area contributed by atoms with Crippen LogP contribution in [0.2, 0.25) is 5.02 Å². The number of hydrogen-bond acceptors (Lipinski definition) is 8. The molecular weight excluding hydrogens is 419 g/mol. The molecule has 0 spiro atoms. The van der Waals surface area contributed by atoms with Crippen molar-refractivity contribution in [1.29, 1.82) is 0 Å². The van der Waals surface area contributed by atoms with Gasteiger partial charge in [-0.1, -0.05) is 17.7 Å². The SMILES string of the molecule is CCOC(=O)C1=C(CNCCO)NC(c2nccs2)=NC1c1ccc(F)cc1Cl. The molecule has 1 aliphatic rings. The number of nitrogens with zero attached hydrogens (tertiary/aromatic N) is 2. The molecule has 0 aliphatic carbocycles. The molecule has 1 aromatic carbocycles. The van der Waals surface area contributed by atoms with Crippen LogP contribution in [0.15, 0.2) is 46.0 Å². The van der Waals surface area contributed by atoms with Gasteiger partial charge in [0, 0.05) is 40.9 Å². The topological polar surface area (TPSA) is 95.8 Å². The van der Waals surface area contributed by atoms with E-state index in [1.54, 1.807) is 13.1 Å². The molecule has 2 heterocycles. The van der Waals surface area contributed by atoms with Crippen LogP contribution < -0.4 is 10.6 Å². The van der Waals surface area contributed by atoms with Crippen LogP contribution in [0.25, 0.3) is 0 Å². The highest BCUT2D eigenvalue weighted by Gasteiger charge is 2.33. The van der Waals surface area contributed by atoms with Crippen LogP contribution >= 0.6 is 22.9 Å². The number of aromatic nitrogens is 1. The van der Waals surface area contributed by atoms with Gasteiger partial charge in [-0.3, -0.25) is 4.99 Å². The number of nitrogens with one attached hydrogen (secondary N) is 2. The highest BCUT2D eigenvalue weighted by Crippen LogP contribution is 2.36. The van der Waals surface area contributed by atoms with Crippen molar-refractivity contribution in [2.45, 2.75) is 13.0 Å². The lowest BCUT2D eigenvalue weighted by molar-refractivity contribution is -0.138. The third-order valence-electron chi connectivity index (χ3n) is 4.10. The molecule has 0 radical (unpaired) electrons. The Hall–Kier alpha value is -2.33. The van der Waals surface area contributed by atoms with Gasteiger partial charge in [0.25, 0.3) is 0 Å². The van der Waals surface area contributed by atoms with E-state index in [4.69, 9.17) is 21.4 Å². The summed E-state index contributed by atoms with van der Waals surface area (Å²) in [5, 5.41) is 17.9. The molecule has 1 aromatic heterocycles. The lowest BCUT2D eigenvalue weighted by Crippen LogP contribution is -2.38. The zero-order valence-corrected chi connectivity index (χ0v) is 17.2. The molecule has 0 bridgehead atoms. The van der Waals surface area contributed by atoms with Crippen LogP contribution in [0.4, 0.5) is 4.39 Å². The van der Waals surface area contributed by atoms with Gasteiger partial charge in [-0.25, -0.2) is 14.2 Å². The third-order valence-corrected chi connectivity index (χ3v) is 5.21. The van der Waals surface area contributed by atoms with E-state index in [2.05, 4.69) is 20.6 Å². The second-order valence-electron chi connectivity index (χ2n) is 6.02. The first-order valence-corrected chi connectivity index (χ1v) is 10.2. The Labute approximate surface area is 176 Å². The van der Waals surface area contributed by atoms with Gasteiger partial charge in [0.2, 0.25) is 0 Å². The van der Waals surface area contributed by atoms with E-state index in [1.807, 2.05) is 5.38 Å². The molecule has 1 aliphatic heterocycles. The molecule has 0 fully saturated rings. The molecule has 3 rings (SSSR count). The Morgan fingerprint density at radius 1 is 1.48 bits per heavy atom. The predicted molar refractivity (Wildman–Crippen MR) is 110 cm³/mol. The molecule has 0 amide bonds. The summed E-state index contributed by atoms with van der Waals surface area (Å²) >= 11 is 7.68. The quantitative estimate of drug-likeness (QED) is 0.432. The standard InChI is InChI=1S/C19H20ClFN4O3S/c1-2-28-19(27)15-14(10-22-5-7-26)24-17(18-23-6-8-29-18)25-16(15)12-4-3-11(21)9-13(12)20/h3-4,6,8-9,16,22,26H,2,5,7,10H2,1H3,(H,24,25). The van der Waals surface area contributed by atoms with Crippen molar-refractivity contribution in [3.63, 3.8) is 0 Å². The molecule has 2 aromatic rings. The van der Waals surface area contributed by atoms with E-state index < -0.39 is 17.8 Å². The maximum Gasteiger partial charge on any atom is 0.338 e. The number of ether oxygens (including phenoxy) is 1. The zero-order valence-electron chi connectivity index (χ0n) is 15.6. The van der Waals surface area contributed by atoms with Crippen molar-refractivity contribution >= 4 is 34.7 Å². The van der Waals surface area contributed by atoms with Crippen molar-refractivity contribution in [2.75, 3.05) is 26.3 Å².